The summed E-state index contributed by atoms with van der Waals surface area (Å²) in [6, 6.07) is 8.62. The molecule has 0 atom stereocenters. The van der Waals surface area contributed by atoms with E-state index in [-0.39, 0.29) is 5.91 Å². The van der Waals surface area contributed by atoms with E-state index in [4.69, 9.17) is 16.3 Å². The molecule has 3 rings (SSSR count). The van der Waals surface area contributed by atoms with E-state index >= 15 is 0 Å². The van der Waals surface area contributed by atoms with Crippen LogP contribution in [0.3, 0.4) is 0 Å². The minimum Gasteiger partial charge on any atom is -0.494 e. The van der Waals surface area contributed by atoms with E-state index in [1.54, 1.807) is 43.6 Å². The number of halogens is 1. The summed E-state index contributed by atoms with van der Waals surface area (Å²) >= 11 is 7.44. The first kappa shape index (κ1) is 13.8. The normalized spacial score (nSPS) is 10.6. The van der Waals surface area contributed by atoms with Crippen LogP contribution in [0, 0.1) is 0 Å². The highest BCUT2D eigenvalue weighted by Crippen LogP contribution is 2.37. The molecule has 0 aliphatic carbocycles. The van der Waals surface area contributed by atoms with Crippen LogP contribution in [0.25, 0.3) is 10.2 Å². The van der Waals surface area contributed by atoms with Gasteiger partial charge in [0.1, 0.15) is 17.0 Å². The van der Waals surface area contributed by atoms with E-state index in [9.17, 15) is 4.79 Å². The largest absolute Gasteiger partial charge is 0.494 e. The number of fused-ring (bicyclic) bond motifs is 1. The smallest absolute Gasteiger partial charge is 0.276 e. The van der Waals surface area contributed by atoms with E-state index in [2.05, 4.69) is 15.3 Å². The fourth-order valence-electron chi connectivity index (χ4n) is 1.83. The van der Waals surface area contributed by atoms with E-state index in [0.717, 1.165) is 4.70 Å². The van der Waals surface area contributed by atoms with Crippen molar-refractivity contribution in [1.29, 1.82) is 0 Å². The number of thiazole rings is 1. The molecule has 0 bridgehead atoms. The quantitative estimate of drug-likeness (QED) is 0.801. The highest BCUT2D eigenvalue weighted by molar-refractivity contribution is 7.23. The number of pyridine rings is 1. The lowest BCUT2D eigenvalue weighted by Gasteiger charge is -2.00. The standard InChI is InChI=1S/C14H10ClN3O2S/c1-20-10-6-5-8(15)12-11(10)17-14(21-12)18-13(19)9-4-2-3-7-16-9/h2-7H,1H3,(H,17,18,19). The molecule has 0 saturated carbocycles. The fraction of sp³-hybridized carbons (Fsp3) is 0.0714. The van der Waals surface area contributed by atoms with E-state index in [0.29, 0.717) is 27.1 Å². The summed E-state index contributed by atoms with van der Waals surface area (Å²) in [6.45, 7) is 0. The molecule has 0 fully saturated rings. The van der Waals surface area contributed by atoms with Gasteiger partial charge in [0.15, 0.2) is 5.13 Å². The predicted octanol–water partition coefficient (Wildman–Crippen LogP) is 3.61. The second-order valence-corrected chi connectivity index (χ2v) is 5.52. The predicted molar refractivity (Wildman–Crippen MR) is 83.4 cm³/mol. The number of hydrogen-bond acceptors (Lipinski definition) is 5. The monoisotopic (exact) mass is 319 g/mol. The van der Waals surface area contributed by atoms with Gasteiger partial charge in [0, 0.05) is 6.20 Å². The zero-order valence-corrected chi connectivity index (χ0v) is 12.5. The van der Waals surface area contributed by atoms with Gasteiger partial charge < -0.3 is 4.74 Å². The molecule has 21 heavy (non-hydrogen) atoms. The Kier molecular flexibility index (Phi) is 3.72. The second kappa shape index (κ2) is 5.67. The lowest BCUT2D eigenvalue weighted by atomic mass is 10.3. The Bertz CT molecular complexity index is 805. The molecule has 0 aliphatic rings. The Balaban J connectivity index is 1.95. The van der Waals surface area contributed by atoms with Crippen LogP contribution in [0.1, 0.15) is 10.5 Å². The van der Waals surface area contributed by atoms with Gasteiger partial charge in [0.05, 0.1) is 16.8 Å². The van der Waals surface area contributed by atoms with Crippen LogP contribution in [-0.2, 0) is 0 Å². The van der Waals surface area contributed by atoms with Crippen molar-refractivity contribution in [2.24, 2.45) is 0 Å². The molecule has 5 nitrogen and oxygen atoms in total. The molecule has 2 heterocycles. The highest BCUT2D eigenvalue weighted by atomic mass is 35.5. The summed E-state index contributed by atoms with van der Waals surface area (Å²) in [5, 5.41) is 3.74. The van der Waals surface area contributed by atoms with Crippen molar-refractivity contribution in [2.75, 3.05) is 12.4 Å². The minimum atomic E-state index is -0.315. The summed E-state index contributed by atoms with van der Waals surface area (Å²) in [6.07, 6.45) is 1.56. The summed E-state index contributed by atoms with van der Waals surface area (Å²) in [5.41, 5.74) is 0.959. The third kappa shape index (κ3) is 2.68. The molecule has 0 unspecified atom stereocenters. The lowest BCUT2D eigenvalue weighted by molar-refractivity contribution is 0.102. The van der Waals surface area contributed by atoms with Crippen molar-refractivity contribution < 1.29 is 9.53 Å². The molecule has 1 N–H and O–H groups in total. The third-order valence-electron chi connectivity index (χ3n) is 2.80. The Morgan fingerprint density at radius 3 is 2.90 bits per heavy atom. The van der Waals surface area contributed by atoms with Gasteiger partial charge in [-0.25, -0.2) is 4.98 Å². The Labute approximate surface area is 129 Å². The number of amides is 1. The van der Waals surface area contributed by atoms with Crippen molar-refractivity contribution in [1.82, 2.24) is 9.97 Å². The molecule has 1 aromatic carbocycles. The molecule has 0 aliphatic heterocycles. The van der Waals surface area contributed by atoms with Gasteiger partial charge in [0.2, 0.25) is 0 Å². The number of nitrogens with zero attached hydrogens (tertiary/aromatic N) is 2. The average Bonchev–Trinajstić information content (AvgIpc) is 2.93. The number of carbonyl (C=O) groups is 1. The number of anilines is 1. The summed E-state index contributed by atoms with van der Waals surface area (Å²) in [5.74, 6) is 0.300. The number of hydrogen-bond donors (Lipinski definition) is 1. The molecule has 0 spiro atoms. The molecule has 106 valence electrons. The number of aromatic nitrogens is 2. The first-order valence-corrected chi connectivity index (χ1v) is 7.24. The molecule has 0 saturated heterocycles. The maximum atomic E-state index is 12.1. The molecule has 3 aromatic rings. The van der Waals surface area contributed by atoms with Gasteiger partial charge in [-0.3, -0.25) is 15.1 Å². The molecule has 7 heteroatoms. The summed E-state index contributed by atoms with van der Waals surface area (Å²) < 4.78 is 6.02. The van der Waals surface area contributed by atoms with Crippen molar-refractivity contribution >= 4 is 44.2 Å². The maximum Gasteiger partial charge on any atom is 0.276 e. The molecule has 0 radical (unpaired) electrons. The van der Waals surface area contributed by atoms with E-state index in [1.165, 1.54) is 11.3 Å². The first-order chi connectivity index (χ1) is 10.2. The number of ether oxygens (including phenoxy) is 1. The van der Waals surface area contributed by atoms with Gasteiger partial charge in [-0.15, -0.1) is 0 Å². The van der Waals surface area contributed by atoms with Crippen LogP contribution in [0.2, 0.25) is 5.02 Å². The van der Waals surface area contributed by atoms with Crippen LogP contribution in [0.4, 0.5) is 5.13 Å². The zero-order chi connectivity index (χ0) is 14.8. The van der Waals surface area contributed by atoms with Crippen molar-refractivity contribution in [3.05, 3.63) is 47.2 Å². The zero-order valence-electron chi connectivity index (χ0n) is 11.0. The first-order valence-electron chi connectivity index (χ1n) is 6.04. The Hall–Kier alpha value is -2.18. The van der Waals surface area contributed by atoms with Crippen LogP contribution in [-0.4, -0.2) is 23.0 Å². The number of carbonyl (C=O) groups excluding carboxylic acids is 1. The SMILES string of the molecule is COc1ccc(Cl)c2sc(NC(=O)c3ccccn3)nc12. The van der Waals surface area contributed by atoms with Crippen molar-refractivity contribution in [3.63, 3.8) is 0 Å². The number of rotatable bonds is 3. The average molecular weight is 320 g/mol. The van der Waals surface area contributed by atoms with Gasteiger partial charge in [0.25, 0.3) is 5.91 Å². The summed E-state index contributed by atoms with van der Waals surface area (Å²) in [7, 11) is 1.56. The van der Waals surface area contributed by atoms with E-state index < -0.39 is 0 Å². The Morgan fingerprint density at radius 2 is 2.19 bits per heavy atom. The van der Waals surface area contributed by atoms with Crippen molar-refractivity contribution in [3.8, 4) is 5.75 Å². The van der Waals surface area contributed by atoms with Crippen LogP contribution in [0.5, 0.6) is 5.75 Å². The number of nitrogens with one attached hydrogen (secondary N) is 1. The van der Waals surface area contributed by atoms with Crippen LogP contribution >= 0.6 is 22.9 Å². The van der Waals surface area contributed by atoms with Crippen LogP contribution in [0.15, 0.2) is 36.5 Å². The van der Waals surface area contributed by atoms with Crippen molar-refractivity contribution in [2.45, 2.75) is 0 Å². The molecular weight excluding hydrogens is 310 g/mol. The van der Waals surface area contributed by atoms with E-state index in [1.807, 2.05) is 0 Å². The highest BCUT2D eigenvalue weighted by Gasteiger charge is 2.14. The summed E-state index contributed by atoms with van der Waals surface area (Å²) in [4.78, 5) is 20.4. The number of methoxy groups -OCH3 is 1. The minimum absolute atomic E-state index is 0.315. The topological polar surface area (TPSA) is 64.1 Å². The lowest BCUT2D eigenvalue weighted by Crippen LogP contribution is -2.12. The molecular formula is C14H10ClN3O2S. The van der Waals surface area contributed by atoms with Gasteiger partial charge in [-0.05, 0) is 24.3 Å². The van der Waals surface area contributed by atoms with Crippen LogP contribution < -0.4 is 10.1 Å². The van der Waals surface area contributed by atoms with Gasteiger partial charge in [-0.1, -0.05) is 29.0 Å². The molecule has 2 aromatic heterocycles. The van der Waals surface area contributed by atoms with Gasteiger partial charge >= 0.3 is 0 Å². The number of benzene rings is 1. The second-order valence-electron chi connectivity index (χ2n) is 4.12. The van der Waals surface area contributed by atoms with Gasteiger partial charge in [-0.2, -0.15) is 0 Å². The third-order valence-corrected chi connectivity index (χ3v) is 4.23. The fourth-order valence-corrected chi connectivity index (χ4v) is 2.98. The maximum absolute atomic E-state index is 12.1. The Morgan fingerprint density at radius 1 is 1.33 bits per heavy atom. The molecule has 1 amide bonds.